The Morgan fingerprint density at radius 1 is 1.32 bits per heavy atom. The molecule has 7 heteroatoms. The maximum Gasteiger partial charge on any atom is 0.211 e. The Balaban J connectivity index is 2.43. The van der Waals surface area contributed by atoms with Crippen LogP contribution in [0.3, 0.4) is 0 Å². The van der Waals surface area contributed by atoms with Gasteiger partial charge in [0.05, 0.1) is 6.26 Å². The topological polar surface area (TPSA) is 65.0 Å². The van der Waals surface area contributed by atoms with Gasteiger partial charge in [-0.2, -0.15) is 0 Å². The van der Waals surface area contributed by atoms with E-state index in [0.717, 1.165) is 51.3 Å². The number of nitrogens with one attached hydrogen (secondary N) is 1. The van der Waals surface area contributed by atoms with Gasteiger partial charge >= 0.3 is 0 Å². The molecule has 1 rings (SSSR count). The predicted molar refractivity (Wildman–Crippen MR) is 106 cm³/mol. The molecule has 1 N–H and O–H groups in total. The molecule has 1 heterocycles. The molecule has 0 amide bonds. The van der Waals surface area contributed by atoms with E-state index in [0.29, 0.717) is 19.0 Å². The van der Waals surface area contributed by atoms with E-state index in [2.05, 4.69) is 30.8 Å². The maximum absolute atomic E-state index is 11.6. The van der Waals surface area contributed by atoms with Gasteiger partial charge in [0.15, 0.2) is 5.96 Å². The average Bonchev–Trinajstić information content (AvgIpc) is 2.57. The number of hydrogen-bond acceptors (Lipinski definition) is 3. The van der Waals surface area contributed by atoms with Crippen LogP contribution in [0, 0.1) is 5.92 Å². The summed E-state index contributed by atoms with van der Waals surface area (Å²) in [6, 6.07) is 0. The van der Waals surface area contributed by atoms with E-state index in [1.54, 1.807) is 4.31 Å². The van der Waals surface area contributed by atoms with Crippen molar-refractivity contribution >= 4 is 16.0 Å². The number of piperidine rings is 1. The number of unbranched alkanes of at least 4 members (excludes halogenated alkanes) is 3. The summed E-state index contributed by atoms with van der Waals surface area (Å²) >= 11 is 0. The Labute approximate surface area is 154 Å². The number of allylic oxidation sites excluding steroid dienone is 1. The summed E-state index contributed by atoms with van der Waals surface area (Å²) in [5.41, 5.74) is 0. The van der Waals surface area contributed by atoms with E-state index in [1.165, 1.54) is 19.1 Å². The molecule has 0 aromatic heterocycles. The summed E-state index contributed by atoms with van der Waals surface area (Å²) in [6.45, 7) is 9.69. The maximum atomic E-state index is 11.6. The van der Waals surface area contributed by atoms with Gasteiger partial charge < -0.3 is 10.2 Å². The average molecular weight is 373 g/mol. The second kappa shape index (κ2) is 11.5. The molecule has 0 aromatic rings. The van der Waals surface area contributed by atoms with E-state index in [-0.39, 0.29) is 0 Å². The van der Waals surface area contributed by atoms with Gasteiger partial charge in [0.2, 0.25) is 10.0 Å². The van der Waals surface area contributed by atoms with Gasteiger partial charge in [0.1, 0.15) is 0 Å². The van der Waals surface area contributed by atoms with Crippen LogP contribution in [0.2, 0.25) is 0 Å². The Morgan fingerprint density at radius 2 is 2.00 bits per heavy atom. The van der Waals surface area contributed by atoms with Crippen LogP contribution in [0.15, 0.2) is 17.6 Å². The molecule has 146 valence electrons. The SMILES string of the molecule is C=CCCCCCN(C)C(=NCC1CCN(S(C)(=O)=O)CC1)NCC. The lowest BCUT2D eigenvalue weighted by Crippen LogP contribution is -2.41. The van der Waals surface area contributed by atoms with Crippen molar-refractivity contribution < 1.29 is 8.42 Å². The molecule has 0 aromatic carbocycles. The molecule has 1 fully saturated rings. The molecular weight excluding hydrogens is 336 g/mol. The summed E-state index contributed by atoms with van der Waals surface area (Å²) in [5.74, 6) is 1.42. The summed E-state index contributed by atoms with van der Waals surface area (Å²) in [5, 5.41) is 3.36. The third-order valence-corrected chi connectivity index (χ3v) is 5.94. The minimum Gasteiger partial charge on any atom is -0.357 e. The lowest BCUT2D eigenvalue weighted by Gasteiger charge is -2.30. The van der Waals surface area contributed by atoms with Crippen molar-refractivity contribution in [2.24, 2.45) is 10.9 Å². The first-order chi connectivity index (χ1) is 11.9. The fraction of sp³-hybridized carbons (Fsp3) is 0.833. The number of sulfonamides is 1. The second-order valence-electron chi connectivity index (χ2n) is 6.86. The first kappa shape index (κ1) is 22.0. The second-order valence-corrected chi connectivity index (χ2v) is 8.84. The Morgan fingerprint density at radius 3 is 2.56 bits per heavy atom. The molecule has 0 bridgehead atoms. The highest BCUT2D eigenvalue weighted by atomic mass is 32.2. The van der Waals surface area contributed by atoms with Crippen LogP contribution >= 0.6 is 0 Å². The van der Waals surface area contributed by atoms with Crippen molar-refractivity contribution in [3.63, 3.8) is 0 Å². The molecule has 0 aliphatic carbocycles. The first-order valence-corrected chi connectivity index (χ1v) is 11.3. The Kier molecular flexibility index (Phi) is 10.1. The fourth-order valence-electron chi connectivity index (χ4n) is 3.03. The van der Waals surface area contributed by atoms with E-state index in [9.17, 15) is 8.42 Å². The van der Waals surface area contributed by atoms with Crippen molar-refractivity contribution in [1.29, 1.82) is 0 Å². The summed E-state index contributed by atoms with van der Waals surface area (Å²) in [6.07, 6.45) is 9.70. The van der Waals surface area contributed by atoms with Gasteiger partial charge in [-0.3, -0.25) is 4.99 Å². The molecular formula is C18H36N4O2S. The van der Waals surface area contributed by atoms with Crippen molar-refractivity contribution in [3.05, 3.63) is 12.7 Å². The highest BCUT2D eigenvalue weighted by molar-refractivity contribution is 7.88. The van der Waals surface area contributed by atoms with E-state index in [1.807, 2.05) is 6.08 Å². The van der Waals surface area contributed by atoms with Crippen LogP contribution in [0.25, 0.3) is 0 Å². The van der Waals surface area contributed by atoms with E-state index >= 15 is 0 Å². The molecule has 1 saturated heterocycles. The zero-order valence-corrected chi connectivity index (χ0v) is 17.0. The van der Waals surface area contributed by atoms with E-state index < -0.39 is 10.0 Å². The van der Waals surface area contributed by atoms with Crippen LogP contribution in [-0.4, -0.2) is 69.6 Å². The first-order valence-electron chi connectivity index (χ1n) is 9.44. The monoisotopic (exact) mass is 372 g/mol. The summed E-state index contributed by atoms with van der Waals surface area (Å²) in [7, 11) is -0.964. The molecule has 25 heavy (non-hydrogen) atoms. The van der Waals surface area contributed by atoms with Gasteiger partial charge in [-0.1, -0.05) is 12.5 Å². The minimum atomic E-state index is -3.05. The zero-order valence-electron chi connectivity index (χ0n) is 16.2. The number of rotatable bonds is 10. The molecule has 0 spiro atoms. The number of guanidine groups is 1. The number of aliphatic imine (C=N–C) groups is 1. The van der Waals surface area contributed by atoms with Gasteiger partial charge in [-0.25, -0.2) is 12.7 Å². The molecule has 6 nitrogen and oxygen atoms in total. The van der Waals surface area contributed by atoms with Gasteiger partial charge in [-0.15, -0.1) is 6.58 Å². The van der Waals surface area contributed by atoms with Crippen molar-refractivity contribution in [2.75, 3.05) is 46.0 Å². The summed E-state index contributed by atoms with van der Waals surface area (Å²) in [4.78, 5) is 6.98. The van der Waals surface area contributed by atoms with Gasteiger partial charge in [-0.05, 0) is 44.9 Å². The third-order valence-electron chi connectivity index (χ3n) is 4.64. The van der Waals surface area contributed by atoms with Crippen LogP contribution in [0.1, 0.15) is 45.4 Å². The third kappa shape index (κ3) is 8.72. The minimum absolute atomic E-state index is 0.465. The normalized spacial score (nSPS) is 17.5. The molecule has 1 aliphatic heterocycles. The fourth-order valence-corrected chi connectivity index (χ4v) is 3.90. The van der Waals surface area contributed by atoms with Crippen LogP contribution < -0.4 is 5.32 Å². The van der Waals surface area contributed by atoms with Crippen molar-refractivity contribution in [3.8, 4) is 0 Å². The van der Waals surface area contributed by atoms with Gasteiger partial charge in [0, 0.05) is 39.8 Å². The van der Waals surface area contributed by atoms with E-state index in [4.69, 9.17) is 4.99 Å². The lowest BCUT2D eigenvalue weighted by atomic mass is 9.98. The highest BCUT2D eigenvalue weighted by Crippen LogP contribution is 2.19. The van der Waals surface area contributed by atoms with Crippen molar-refractivity contribution in [1.82, 2.24) is 14.5 Å². The van der Waals surface area contributed by atoms with Crippen LogP contribution in [-0.2, 0) is 10.0 Å². The Hall–Kier alpha value is -1.08. The van der Waals surface area contributed by atoms with Crippen LogP contribution in [0.5, 0.6) is 0 Å². The Bertz CT molecular complexity index is 511. The predicted octanol–water partition coefficient (Wildman–Crippen LogP) is 2.30. The standard InChI is InChI=1S/C18H36N4O2S/c1-5-7-8-9-10-13-21(3)18(19-6-2)20-16-17-11-14-22(15-12-17)25(4,23)24/h5,17H,1,6-16H2,2-4H3,(H,19,20). The quantitative estimate of drug-likeness (QED) is 0.277. The largest absolute Gasteiger partial charge is 0.357 e. The number of hydrogen-bond donors (Lipinski definition) is 1. The number of nitrogens with zero attached hydrogens (tertiary/aromatic N) is 3. The smallest absolute Gasteiger partial charge is 0.211 e. The molecule has 0 unspecified atom stereocenters. The molecule has 1 aliphatic rings. The molecule has 0 atom stereocenters. The zero-order chi connectivity index (χ0) is 18.7. The van der Waals surface area contributed by atoms with Crippen molar-refractivity contribution in [2.45, 2.75) is 45.4 Å². The highest BCUT2D eigenvalue weighted by Gasteiger charge is 2.24. The molecule has 0 saturated carbocycles. The molecule has 0 radical (unpaired) electrons. The summed E-state index contributed by atoms with van der Waals surface area (Å²) < 4.78 is 24.7. The van der Waals surface area contributed by atoms with Crippen LogP contribution in [0.4, 0.5) is 0 Å². The van der Waals surface area contributed by atoms with Gasteiger partial charge in [0.25, 0.3) is 0 Å². The lowest BCUT2D eigenvalue weighted by molar-refractivity contribution is 0.279.